The minimum Gasteiger partial charge on any atom is -0.207 e. The van der Waals surface area contributed by atoms with Gasteiger partial charge >= 0.3 is 42.4 Å². The van der Waals surface area contributed by atoms with E-state index in [0.717, 1.165) is 0 Å². The number of benzene rings is 12. The van der Waals surface area contributed by atoms with Gasteiger partial charge in [0.2, 0.25) is 0 Å². The van der Waals surface area contributed by atoms with Crippen LogP contribution in [0.3, 0.4) is 0 Å². The quantitative estimate of drug-likeness (QED) is 0.0376. The molecule has 0 aliphatic rings. The molecule has 44 heteroatoms. The zero-order valence-electron chi connectivity index (χ0n) is 60.1. The highest BCUT2D eigenvalue weighted by Crippen LogP contribution is 2.35. The van der Waals surface area contributed by atoms with Crippen LogP contribution in [0, 0.1) is 289 Å². The molecule has 0 fully saturated rings. The first-order valence-electron chi connectivity index (χ1n) is 32.8. The van der Waals surface area contributed by atoms with E-state index in [0.29, 0.717) is 0 Å². The molecule has 0 saturated carbocycles. The molecule has 0 aliphatic carbocycles. The van der Waals surface area contributed by atoms with E-state index in [9.17, 15) is 105 Å². The summed E-state index contributed by atoms with van der Waals surface area (Å²) in [4.78, 5) is 0. The average Bonchev–Trinajstić information content (AvgIpc) is 0.684. The lowest BCUT2D eigenvalue weighted by Crippen LogP contribution is -3.62. The van der Waals surface area contributed by atoms with Crippen molar-refractivity contribution in [3.63, 3.8) is 0 Å². The summed E-state index contributed by atoms with van der Waals surface area (Å²) in [5, 5.41) is 0. The van der Waals surface area contributed by atoms with Gasteiger partial charge in [-0.25, -0.2) is 176 Å². The highest BCUT2D eigenvalue weighted by Gasteiger charge is 2.55. The molecule has 12 aromatic carbocycles. The van der Waals surface area contributed by atoms with E-state index in [1.54, 1.807) is 7.14 Å². The van der Waals surface area contributed by atoms with Gasteiger partial charge < -0.3 is 0 Å². The van der Waals surface area contributed by atoms with Crippen LogP contribution in [0.2, 0.25) is 0 Å². The lowest BCUT2D eigenvalue weighted by atomic mass is 9.12. The molecule has 0 atom stereocenters. The van der Waals surface area contributed by atoms with Crippen molar-refractivity contribution < 1.29 is 218 Å². The summed E-state index contributed by atoms with van der Waals surface area (Å²) in [6.45, 7) is 13.3. The third-order valence-electron chi connectivity index (χ3n) is 18.4. The van der Waals surface area contributed by atoms with Crippen LogP contribution in [0.1, 0.15) is 33.4 Å². The fraction of sp³-hybridized carbons (Fsp3) is 0.0769. The van der Waals surface area contributed by atoms with Crippen LogP contribution in [0.5, 0.6) is 0 Å². The van der Waals surface area contributed by atoms with E-state index < -0.39 is 289 Å². The molecule has 0 bridgehead atoms. The molecule has 122 heavy (non-hydrogen) atoms. The smallest absolute Gasteiger partial charge is 0.207 e. The van der Waals surface area contributed by atoms with Gasteiger partial charge in [0.1, 0.15) is 105 Å². The van der Waals surface area contributed by atoms with Crippen molar-refractivity contribution in [1.82, 2.24) is 0 Å². The molecule has 0 aliphatic heterocycles. The summed E-state index contributed by atoms with van der Waals surface area (Å²) in [6, 6.07) is 30.9. The second kappa shape index (κ2) is 36.1. The summed E-state index contributed by atoms with van der Waals surface area (Å²) in [6.07, 6.45) is -14.4. The molecule has 0 unspecified atom stereocenters. The SMILES string of the molecule is Cc1cc(C)c([I+]c2ccccc2)c(C)c1.Cc1cc(C)c([I+]c2ccccc2)c(C)c1.Fc1c(F)c(F)c([B-](c2c(F)c(F)c(F)c(F)c2F)(c2c(F)c(F)c(F)c(F)c2F)c2c(F)c(F)c(F)c(F)c2F)c(F)c1F.Fc1c(F)c(F)c([B-](c2c(F)c(F)c(F)c(F)c2F)(c2c(F)c(F)c(F)c(F)c2F)c2c(F)c(F)c(F)c(F)c2F)c(F)c1F. The van der Waals surface area contributed by atoms with Crippen molar-refractivity contribution in [2.75, 3.05) is 0 Å². The highest BCUT2D eigenvalue weighted by molar-refractivity contribution is 7.21. The molecule has 0 heterocycles. The maximum atomic E-state index is 15.4. The first-order valence-corrected chi connectivity index (χ1v) is 37.1. The van der Waals surface area contributed by atoms with Gasteiger partial charge in [-0.05, 0) is 65.8 Å². The lowest BCUT2D eigenvalue weighted by molar-refractivity contribution is -0.599. The summed E-state index contributed by atoms with van der Waals surface area (Å²) >= 11 is -0.0550. The Balaban J connectivity index is 0.000000204. The van der Waals surface area contributed by atoms with Gasteiger partial charge in [0.15, 0.2) is 154 Å². The molecule has 0 aromatic heterocycles. The molecule has 0 spiro atoms. The van der Waals surface area contributed by atoms with E-state index in [1.807, 2.05) is 0 Å². The Kier molecular flexibility index (Phi) is 28.2. The van der Waals surface area contributed by atoms with Gasteiger partial charge in [-0.2, -0.15) is 0 Å². The Morgan fingerprint density at radius 1 is 0.156 bits per heavy atom. The molecular weight excluding hydrogens is 1970 g/mol. The zero-order valence-corrected chi connectivity index (χ0v) is 64.4. The summed E-state index contributed by atoms with van der Waals surface area (Å²) in [5.74, 6) is -143. The van der Waals surface area contributed by atoms with Crippen molar-refractivity contribution in [1.29, 1.82) is 0 Å². The molecular formula is C78H32B2F40I2. The van der Waals surface area contributed by atoms with Crippen LogP contribution < -0.4 is 86.1 Å². The predicted octanol–water partition coefficient (Wildman–Crippen LogP) is 13.2. The van der Waals surface area contributed by atoms with Crippen molar-refractivity contribution in [3.05, 3.63) is 365 Å². The fourth-order valence-electron chi connectivity index (χ4n) is 13.5. The largest absolute Gasteiger partial charge is 0.358 e. The Morgan fingerprint density at radius 2 is 0.262 bits per heavy atom. The van der Waals surface area contributed by atoms with E-state index >= 15 is 70.2 Å². The van der Waals surface area contributed by atoms with Crippen molar-refractivity contribution >= 4 is 56.0 Å². The molecule has 0 N–H and O–H groups in total. The molecule has 0 saturated heterocycles. The second-order valence-electron chi connectivity index (χ2n) is 25.8. The van der Waals surface area contributed by atoms with Gasteiger partial charge in [-0.1, -0.05) is 71.8 Å². The lowest BCUT2D eigenvalue weighted by Gasteiger charge is -2.44. The fourth-order valence-corrected chi connectivity index (χ4v) is 18.7. The minimum atomic E-state index is -7.22. The van der Waals surface area contributed by atoms with Crippen LogP contribution in [0.15, 0.2) is 84.9 Å². The van der Waals surface area contributed by atoms with Gasteiger partial charge in [0, 0.05) is 22.3 Å². The number of rotatable bonds is 12. The maximum Gasteiger partial charge on any atom is 0.358 e. The summed E-state index contributed by atoms with van der Waals surface area (Å²) in [7, 11) is 0. The highest BCUT2D eigenvalue weighted by atomic mass is 127. The first-order chi connectivity index (χ1) is 56.7. The molecule has 12 aromatic rings. The summed E-state index contributed by atoms with van der Waals surface area (Å²) in [5.41, 5.74) is -20.1. The number of hydrogen-bond acceptors (Lipinski definition) is 0. The zero-order chi connectivity index (χ0) is 91.8. The Hall–Kier alpha value is -10.6. The van der Waals surface area contributed by atoms with Crippen LogP contribution in [-0.2, 0) is 0 Å². The van der Waals surface area contributed by atoms with Crippen LogP contribution in [0.25, 0.3) is 0 Å². The third kappa shape index (κ3) is 15.8. The van der Waals surface area contributed by atoms with Gasteiger partial charge in [0.05, 0.1) is 0 Å². The molecule has 644 valence electrons. The van der Waals surface area contributed by atoms with Crippen LogP contribution >= 0.6 is 0 Å². The van der Waals surface area contributed by atoms with Crippen LogP contribution in [0.4, 0.5) is 176 Å². The standard InChI is InChI=1S/2C24BF20.2C15H16I/c2*26-5-1(6(27)14(35)21(42)13(5)34)25(2-7(28)15(36)22(43)16(37)8(2)29,3-9(30)17(38)23(44)18(39)10(3)31)4-11(32)19(40)24(45)20(41)12(4)33;2*1-11-9-12(2)15(13(3)10-11)16-14-7-5-4-6-8-14/h;;2*4-10H,1-3H3/q2*-1;2*+1. The minimum absolute atomic E-state index is 0.0275. The maximum absolute atomic E-state index is 15.4. The first kappa shape index (κ1) is 95.3. The van der Waals surface area contributed by atoms with E-state index in [1.165, 1.54) is 40.5 Å². The van der Waals surface area contributed by atoms with E-state index in [2.05, 4.69) is 126 Å². The van der Waals surface area contributed by atoms with Gasteiger partial charge in [-0.15, -0.1) is 43.7 Å². The average molecular weight is 2000 g/mol. The van der Waals surface area contributed by atoms with Gasteiger partial charge in [0.25, 0.3) is 0 Å². The number of aryl methyl sites for hydroxylation is 6. The normalized spacial score (nSPS) is 11.6. The van der Waals surface area contributed by atoms with E-state index in [4.69, 9.17) is 0 Å². The summed E-state index contributed by atoms with van der Waals surface area (Å²) < 4.78 is 594. The monoisotopic (exact) mass is 2000 g/mol. The van der Waals surface area contributed by atoms with Crippen molar-refractivity contribution in [2.45, 2.75) is 41.5 Å². The van der Waals surface area contributed by atoms with Crippen LogP contribution in [-0.4, -0.2) is 12.3 Å². The topological polar surface area (TPSA) is 0 Å². The van der Waals surface area contributed by atoms with E-state index in [-0.39, 0.29) is 42.4 Å². The van der Waals surface area contributed by atoms with Crippen molar-refractivity contribution in [3.8, 4) is 0 Å². The molecule has 0 nitrogen and oxygen atoms in total. The predicted molar refractivity (Wildman–Crippen MR) is 347 cm³/mol. The number of hydrogen-bond donors (Lipinski definition) is 0. The Labute approximate surface area is 677 Å². The Morgan fingerprint density at radius 3 is 0.377 bits per heavy atom. The molecule has 12 rings (SSSR count). The Bertz CT molecular complexity index is 5080. The molecule has 0 amide bonds. The number of halogens is 42. The van der Waals surface area contributed by atoms with Gasteiger partial charge in [-0.3, -0.25) is 0 Å². The second-order valence-corrected chi connectivity index (χ2v) is 31.5. The van der Waals surface area contributed by atoms with Crippen molar-refractivity contribution in [2.24, 2.45) is 0 Å². The third-order valence-corrected chi connectivity index (χ3v) is 25.6. The molecule has 0 radical (unpaired) electrons.